The van der Waals surface area contributed by atoms with Crippen LogP contribution in [0, 0.1) is 17.0 Å². The zero-order chi connectivity index (χ0) is 29.9. The van der Waals surface area contributed by atoms with Gasteiger partial charge in [0.25, 0.3) is 5.91 Å². The van der Waals surface area contributed by atoms with Gasteiger partial charge < -0.3 is 29.1 Å². The van der Waals surface area contributed by atoms with E-state index in [4.69, 9.17) is 9.47 Å². The van der Waals surface area contributed by atoms with Gasteiger partial charge in [-0.2, -0.15) is 0 Å². The Balaban J connectivity index is 1.75. The number of benzene rings is 2. The van der Waals surface area contributed by atoms with Crippen LogP contribution in [0.5, 0.6) is 5.75 Å². The first-order valence-electron chi connectivity index (χ1n) is 12.6. The second kappa shape index (κ2) is 12.0. The number of amides is 1. The predicted molar refractivity (Wildman–Crippen MR) is 144 cm³/mol. The van der Waals surface area contributed by atoms with Crippen molar-refractivity contribution < 1.29 is 42.2 Å². The molecular formula is C28H29F2N2O8P. The summed E-state index contributed by atoms with van der Waals surface area (Å²) < 4.78 is 51.7. The van der Waals surface area contributed by atoms with E-state index in [0.717, 1.165) is 6.07 Å². The van der Waals surface area contributed by atoms with Gasteiger partial charge in [0.05, 0.1) is 24.2 Å². The Bertz CT molecular complexity index is 1570. The van der Waals surface area contributed by atoms with Crippen molar-refractivity contribution in [3.05, 3.63) is 99.0 Å². The predicted octanol–water partition coefficient (Wildman–Crippen LogP) is 3.42. The molecule has 10 nitrogen and oxygen atoms in total. The van der Waals surface area contributed by atoms with E-state index in [1.807, 2.05) is 0 Å². The van der Waals surface area contributed by atoms with Crippen molar-refractivity contribution in [2.24, 2.45) is 5.41 Å². The normalized spacial score (nSPS) is 18.6. The van der Waals surface area contributed by atoms with E-state index in [0.29, 0.717) is 11.6 Å². The summed E-state index contributed by atoms with van der Waals surface area (Å²) in [5, 5.41) is 2.44. The smallest absolute Gasteiger partial charge is 0.325 e. The first kappa shape index (κ1) is 30.3. The summed E-state index contributed by atoms with van der Waals surface area (Å²) >= 11 is 0. The van der Waals surface area contributed by atoms with Crippen molar-refractivity contribution in [3.8, 4) is 5.75 Å². The fraction of sp³-hybridized carbons (Fsp3) is 0.321. The molecule has 1 aromatic heterocycles. The highest BCUT2D eigenvalue weighted by Gasteiger charge is 2.49. The number of aromatic nitrogens is 1. The van der Waals surface area contributed by atoms with E-state index in [2.05, 4.69) is 5.32 Å². The first-order valence-corrected chi connectivity index (χ1v) is 14.4. The van der Waals surface area contributed by atoms with Crippen LogP contribution < -0.4 is 15.5 Å². The number of ether oxygens (including phenoxy) is 2. The molecule has 0 aliphatic carbocycles. The molecule has 4 rings (SSSR count). The minimum atomic E-state index is -4.47. The molecule has 0 saturated carbocycles. The van der Waals surface area contributed by atoms with Gasteiger partial charge in [-0.3, -0.25) is 18.9 Å². The van der Waals surface area contributed by atoms with Crippen LogP contribution in [0.15, 0.2) is 59.5 Å². The van der Waals surface area contributed by atoms with E-state index in [1.165, 1.54) is 30.9 Å². The zero-order valence-electron chi connectivity index (χ0n) is 22.3. The number of nitrogens with zero attached hydrogens (tertiary/aromatic N) is 1. The molecule has 0 radical (unpaired) electrons. The van der Waals surface area contributed by atoms with Crippen LogP contribution >= 0.6 is 7.60 Å². The summed E-state index contributed by atoms with van der Waals surface area (Å²) in [6, 6.07) is 11.7. The van der Waals surface area contributed by atoms with Crippen LogP contribution in [0.2, 0.25) is 0 Å². The highest BCUT2D eigenvalue weighted by atomic mass is 31.2. The maximum Gasteiger partial charge on any atom is 0.325 e. The van der Waals surface area contributed by atoms with Crippen molar-refractivity contribution in [3.63, 3.8) is 0 Å². The van der Waals surface area contributed by atoms with E-state index in [-0.39, 0.29) is 42.9 Å². The Morgan fingerprint density at radius 1 is 1.17 bits per heavy atom. The number of hydrogen-bond acceptors (Lipinski definition) is 6. The molecular weight excluding hydrogens is 561 g/mol. The number of fused-ring (bicyclic) bond motifs is 1. The average Bonchev–Trinajstić information content (AvgIpc) is 2.93. The lowest BCUT2D eigenvalue weighted by Gasteiger charge is -2.41. The quantitative estimate of drug-likeness (QED) is 0.305. The molecule has 0 fully saturated rings. The van der Waals surface area contributed by atoms with Gasteiger partial charge in [0.1, 0.15) is 29.5 Å². The van der Waals surface area contributed by atoms with Gasteiger partial charge in [0.2, 0.25) is 5.43 Å². The SMILES string of the molecule is COC1Cn2cc(C(=O)NCc3ccc(F)cc3F)c(=O)c(OCc3ccccc3)c2C(=O)C1(C)CCP(=O)(O)O. The standard InChI is InChI=1S/C28H29F2N2O8P/c1-28(10-11-41(36,37)38)22(39-2)15-32-14-20(27(35)31-13-18-8-9-19(29)12-21(18)30)24(33)25(23(32)26(28)34)40-16-17-6-4-3-5-7-17/h3-9,12,14,22H,10-11,13,15-16H2,1-2H3,(H,31,35)(H2,36,37,38). The lowest BCUT2D eigenvalue weighted by Crippen LogP contribution is -2.50. The Hall–Kier alpha value is -3.70. The largest absolute Gasteiger partial charge is 0.483 e. The number of nitrogens with one attached hydrogen (secondary N) is 1. The van der Waals surface area contributed by atoms with Crippen molar-refractivity contribution in [2.45, 2.75) is 39.1 Å². The van der Waals surface area contributed by atoms with Gasteiger partial charge in [-0.1, -0.05) is 36.4 Å². The third-order valence-electron chi connectivity index (χ3n) is 7.18. The fourth-order valence-corrected chi connectivity index (χ4v) is 5.52. The molecule has 2 aromatic carbocycles. The zero-order valence-corrected chi connectivity index (χ0v) is 23.2. The van der Waals surface area contributed by atoms with Gasteiger partial charge in [0, 0.05) is 31.5 Å². The average molecular weight is 591 g/mol. The third kappa shape index (κ3) is 6.62. The van der Waals surface area contributed by atoms with Gasteiger partial charge in [-0.05, 0) is 25.0 Å². The number of ketones is 1. The molecule has 1 aliphatic heterocycles. The molecule has 0 spiro atoms. The molecule has 13 heteroatoms. The lowest BCUT2D eigenvalue weighted by atomic mass is 9.73. The maximum atomic E-state index is 14.1. The van der Waals surface area contributed by atoms with Gasteiger partial charge in [-0.25, -0.2) is 8.78 Å². The lowest BCUT2D eigenvalue weighted by molar-refractivity contribution is -0.0164. The molecule has 2 atom stereocenters. The number of carbonyl (C=O) groups is 2. The Morgan fingerprint density at radius 2 is 1.88 bits per heavy atom. The minimum Gasteiger partial charge on any atom is -0.483 e. The van der Waals surface area contributed by atoms with E-state index in [1.54, 1.807) is 30.3 Å². The highest BCUT2D eigenvalue weighted by molar-refractivity contribution is 7.51. The topological polar surface area (TPSA) is 144 Å². The van der Waals surface area contributed by atoms with E-state index in [9.17, 15) is 37.5 Å². The Morgan fingerprint density at radius 3 is 2.51 bits per heavy atom. The molecule has 3 N–H and O–H groups in total. The number of carbonyl (C=O) groups excluding carboxylic acids is 2. The Kier molecular flexibility index (Phi) is 8.89. The number of halogens is 2. The van der Waals surface area contributed by atoms with Crippen LogP contribution in [0.3, 0.4) is 0 Å². The molecule has 1 amide bonds. The Labute approximate surface area is 234 Å². The van der Waals surface area contributed by atoms with Crippen LogP contribution in [0.25, 0.3) is 0 Å². The summed E-state index contributed by atoms with van der Waals surface area (Å²) in [6.07, 6.45) is -0.495. The molecule has 0 saturated heterocycles. The summed E-state index contributed by atoms with van der Waals surface area (Å²) in [7, 11) is -3.12. The number of Topliss-reactive ketones (excluding diaryl/α,β-unsaturated/α-hetero) is 1. The van der Waals surface area contributed by atoms with Crippen molar-refractivity contribution in [1.82, 2.24) is 9.88 Å². The van der Waals surface area contributed by atoms with Gasteiger partial charge >= 0.3 is 7.60 Å². The summed E-state index contributed by atoms with van der Waals surface area (Å²) in [5.41, 5.74) is -2.19. The number of pyridine rings is 1. The van der Waals surface area contributed by atoms with Crippen molar-refractivity contribution in [1.29, 1.82) is 0 Å². The highest BCUT2D eigenvalue weighted by Crippen LogP contribution is 2.45. The van der Waals surface area contributed by atoms with Crippen LogP contribution in [-0.2, 0) is 29.0 Å². The van der Waals surface area contributed by atoms with Crippen molar-refractivity contribution >= 4 is 19.3 Å². The fourth-order valence-electron chi connectivity index (χ4n) is 4.76. The van der Waals surface area contributed by atoms with E-state index < -0.39 is 59.8 Å². The number of hydrogen-bond donors (Lipinski definition) is 3. The summed E-state index contributed by atoms with van der Waals surface area (Å²) in [6.45, 7) is 1.01. The molecule has 1 aliphatic rings. The van der Waals surface area contributed by atoms with Gasteiger partial charge in [-0.15, -0.1) is 0 Å². The molecule has 41 heavy (non-hydrogen) atoms. The molecule has 3 aromatic rings. The van der Waals surface area contributed by atoms with Crippen LogP contribution in [-0.4, -0.2) is 45.4 Å². The molecule has 0 bridgehead atoms. The minimum absolute atomic E-state index is 0.00573. The van der Waals surface area contributed by atoms with Gasteiger partial charge in [0.15, 0.2) is 11.5 Å². The first-order chi connectivity index (χ1) is 19.3. The van der Waals surface area contributed by atoms with Crippen LogP contribution in [0.4, 0.5) is 8.78 Å². The molecule has 2 heterocycles. The second-order valence-electron chi connectivity index (χ2n) is 10.0. The maximum absolute atomic E-state index is 14.1. The molecule has 2 unspecified atom stereocenters. The summed E-state index contributed by atoms with van der Waals surface area (Å²) in [5.74, 6) is -3.57. The monoisotopic (exact) mass is 590 g/mol. The third-order valence-corrected chi connectivity index (χ3v) is 7.98. The number of methoxy groups -OCH3 is 1. The summed E-state index contributed by atoms with van der Waals surface area (Å²) in [4.78, 5) is 59.6. The van der Waals surface area contributed by atoms with Crippen LogP contribution in [0.1, 0.15) is 45.3 Å². The number of rotatable bonds is 10. The molecule has 218 valence electrons. The van der Waals surface area contributed by atoms with Crippen molar-refractivity contribution in [2.75, 3.05) is 13.3 Å². The second-order valence-corrected chi connectivity index (χ2v) is 11.8. The van der Waals surface area contributed by atoms with E-state index >= 15 is 0 Å².